The van der Waals surface area contributed by atoms with E-state index < -0.39 is 0 Å². The molecule has 1 aliphatic rings. The number of hydrogen-bond acceptors (Lipinski definition) is 3. The fourth-order valence-corrected chi connectivity index (χ4v) is 5.58. The van der Waals surface area contributed by atoms with Gasteiger partial charge >= 0.3 is 0 Å². The Morgan fingerprint density at radius 3 is 2.65 bits per heavy atom. The standard InChI is InChI=1S/C14H27NS2/c1-5-7-15-12(10-11(3)4)14-13(6-2)16-8-9-17-14/h12-15H,3,5-10H2,1-2,4H3. The number of thioether (sulfide) groups is 2. The molecule has 1 fully saturated rings. The van der Waals surface area contributed by atoms with Gasteiger partial charge in [0.1, 0.15) is 0 Å². The molecule has 1 heterocycles. The third-order valence-electron chi connectivity index (χ3n) is 3.12. The largest absolute Gasteiger partial charge is 0.313 e. The SMILES string of the molecule is C=C(C)CC(NCCC)C1SCCSC1CC. The van der Waals surface area contributed by atoms with E-state index in [2.05, 4.69) is 56.2 Å². The fraction of sp³-hybridized carbons (Fsp3) is 0.857. The summed E-state index contributed by atoms with van der Waals surface area (Å²) in [5.74, 6) is 2.64. The second-order valence-electron chi connectivity index (χ2n) is 4.87. The summed E-state index contributed by atoms with van der Waals surface area (Å²) in [5.41, 5.74) is 1.31. The predicted octanol–water partition coefficient (Wildman–Crippen LogP) is 3.95. The highest BCUT2D eigenvalue weighted by Crippen LogP contribution is 2.36. The van der Waals surface area contributed by atoms with Crippen LogP contribution in [-0.2, 0) is 0 Å². The average Bonchev–Trinajstić information content (AvgIpc) is 2.34. The third kappa shape index (κ3) is 5.27. The summed E-state index contributed by atoms with van der Waals surface area (Å²) in [5, 5.41) is 5.33. The van der Waals surface area contributed by atoms with Crippen molar-refractivity contribution >= 4 is 23.5 Å². The zero-order chi connectivity index (χ0) is 12.7. The lowest BCUT2D eigenvalue weighted by Gasteiger charge is -2.36. The maximum Gasteiger partial charge on any atom is 0.0323 e. The molecule has 1 nitrogen and oxygen atoms in total. The van der Waals surface area contributed by atoms with Crippen LogP contribution in [0, 0.1) is 0 Å². The van der Waals surface area contributed by atoms with Crippen LogP contribution in [0.15, 0.2) is 12.2 Å². The van der Waals surface area contributed by atoms with Crippen LogP contribution in [0.2, 0.25) is 0 Å². The fourth-order valence-electron chi connectivity index (χ4n) is 2.32. The van der Waals surface area contributed by atoms with Gasteiger partial charge in [0.05, 0.1) is 0 Å². The van der Waals surface area contributed by atoms with E-state index in [0.29, 0.717) is 6.04 Å². The van der Waals surface area contributed by atoms with Crippen molar-refractivity contribution in [2.24, 2.45) is 0 Å². The van der Waals surface area contributed by atoms with Gasteiger partial charge in [-0.1, -0.05) is 19.4 Å². The molecule has 100 valence electrons. The van der Waals surface area contributed by atoms with Crippen molar-refractivity contribution in [2.45, 2.75) is 56.6 Å². The lowest BCUT2D eigenvalue weighted by atomic mass is 10.0. The van der Waals surface area contributed by atoms with Crippen LogP contribution in [0.25, 0.3) is 0 Å². The molecule has 1 aliphatic heterocycles. The molecule has 0 radical (unpaired) electrons. The zero-order valence-electron chi connectivity index (χ0n) is 11.5. The van der Waals surface area contributed by atoms with Gasteiger partial charge in [-0.3, -0.25) is 0 Å². The van der Waals surface area contributed by atoms with Crippen molar-refractivity contribution in [1.82, 2.24) is 5.32 Å². The molecule has 1 rings (SSSR count). The van der Waals surface area contributed by atoms with Gasteiger partial charge in [0.15, 0.2) is 0 Å². The van der Waals surface area contributed by atoms with Crippen LogP contribution >= 0.6 is 23.5 Å². The zero-order valence-corrected chi connectivity index (χ0v) is 13.1. The Kier molecular flexibility index (Phi) is 7.72. The van der Waals surface area contributed by atoms with Crippen LogP contribution < -0.4 is 5.32 Å². The highest BCUT2D eigenvalue weighted by molar-refractivity contribution is 8.07. The molecule has 3 atom stereocenters. The Hall–Kier alpha value is 0.400. The Morgan fingerprint density at radius 2 is 2.06 bits per heavy atom. The Balaban J connectivity index is 2.60. The van der Waals surface area contributed by atoms with Gasteiger partial charge in [0, 0.05) is 28.0 Å². The monoisotopic (exact) mass is 273 g/mol. The minimum absolute atomic E-state index is 0.621. The molecule has 3 unspecified atom stereocenters. The first-order valence-corrected chi connectivity index (χ1v) is 8.89. The quantitative estimate of drug-likeness (QED) is 0.706. The van der Waals surface area contributed by atoms with Gasteiger partial charge in [0.25, 0.3) is 0 Å². The molecule has 1 N–H and O–H groups in total. The second-order valence-corrected chi connectivity index (χ2v) is 7.51. The Bertz CT molecular complexity index is 230. The van der Waals surface area contributed by atoms with E-state index in [9.17, 15) is 0 Å². The molecule has 0 saturated carbocycles. The molecule has 0 aromatic carbocycles. The predicted molar refractivity (Wildman–Crippen MR) is 84.3 cm³/mol. The van der Waals surface area contributed by atoms with Crippen molar-refractivity contribution in [1.29, 1.82) is 0 Å². The number of rotatable bonds is 7. The molecule has 17 heavy (non-hydrogen) atoms. The van der Waals surface area contributed by atoms with Gasteiger partial charge in [-0.15, -0.1) is 6.58 Å². The van der Waals surface area contributed by atoms with Crippen LogP contribution in [0.4, 0.5) is 0 Å². The molecular weight excluding hydrogens is 246 g/mol. The van der Waals surface area contributed by atoms with E-state index in [0.717, 1.165) is 23.5 Å². The van der Waals surface area contributed by atoms with E-state index >= 15 is 0 Å². The van der Waals surface area contributed by atoms with E-state index in [1.807, 2.05) is 0 Å². The normalized spacial score (nSPS) is 26.8. The average molecular weight is 274 g/mol. The highest BCUT2D eigenvalue weighted by atomic mass is 32.2. The maximum absolute atomic E-state index is 4.09. The minimum Gasteiger partial charge on any atom is -0.313 e. The van der Waals surface area contributed by atoms with Crippen molar-refractivity contribution in [2.75, 3.05) is 18.1 Å². The third-order valence-corrected chi connectivity index (χ3v) is 6.52. The molecule has 0 aliphatic carbocycles. The summed E-state index contributed by atoms with van der Waals surface area (Å²) < 4.78 is 0. The maximum atomic E-state index is 4.09. The van der Waals surface area contributed by atoms with Crippen LogP contribution in [0.3, 0.4) is 0 Å². The van der Waals surface area contributed by atoms with Gasteiger partial charge < -0.3 is 5.32 Å². The van der Waals surface area contributed by atoms with Crippen LogP contribution in [0.5, 0.6) is 0 Å². The molecular formula is C14H27NS2. The lowest BCUT2D eigenvalue weighted by Crippen LogP contribution is -2.45. The highest BCUT2D eigenvalue weighted by Gasteiger charge is 2.31. The Labute approximate surface area is 116 Å². The van der Waals surface area contributed by atoms with E-state index in [-0.39, 0.29) is 0 Å². The first kappa shape index (κ1) is 15.5. The second kappa shape index (κ2) is 8.49. The topological polar surface area (TPSA) is 12.0 Å². The molecule has 0 amide bonds. The van der Waals surface area contributed by atoms with E-state index in [1.54, 1.807) is 0 Å². The molecule has 0 aromatic rings. The van der Waals surface area contributed by atoms with Crippen molar-refractivity contribution in [3.63, 3.8) is 0 Å². The molecule has 0 bridgehead atoms. The first-order valence-electron chi connectivity index (χ1n) is 6.80. The van der Waals surface area contributed by atoms with Gasteiger partial charge in [0.2, 0.25) is 0 Å². The minimum atomic E-state index is 0.621. The summed E-state index contributed by atoms with van der Waals surface area (Å²) in [6, 6.07) is 0.621. The first-order chi connectivity index (χ1) is 8.19. The summed E-state index contributed by atoms with van der Waals surface area (Å²) in [7, 11) is 0. The molecule has 1 saturated heterocycles. The van der Waals surface area contributed by atoms with E-state index in [1.165, 1.54) is 29.9 Å². The summed E-state index contributed by atoms with van der Waals surface area (Å²) >= 11 is 4.34. The lowest BCUT2D eigenvalue weighted by molar-refractivity contribution is 0.476. The molecule has 3 heteroatoms. The van der Waals surface area contributed by atoms with Gasteiger partial charge in [-0.05, 0) is 32.7 Å². The van der Waals surface area contributed by atoms with Crippen LogP contribution in [-0.4, -0.2) is 34.6 Å². The van der Waals surface area contributed by atoms with Gasteiger partial charge in [-0.25, -0.2) is 0 Å². The van der Waals surface area contributed by atoms with Crippen LogP contribution in [0.1, 0.15) is 40.0 Å². The van der Waals surface area contributed by atoms with Gasteiger partial charge in [-0.2, -0.15) is 23.5 Å². The summed E-state index contributed by atoms with van der Waals surface area (Å²) in [4.78, 5) is 0. The summed E-state index contributed by atoms with van der Waals surface area (Å²) in [6.07, 6.45) is 3.64. The number of hydrogen-bond donors (Lipinski definition) is 1. The Morgan fingerprint density at radius 1 is 1.35 bits per heavy atom. The summed E-state index contributed by atoms with van der Waals surface area (Å²) in [6.45, 7) is 12.0. The number of nitrogens with one attached hydrogen (secondary N) is 1. The smallest absolute Gasteiger partial charge is 0.0323 e. The molecule has 0 aromatic heterocycles. The van der Waals surface area contributed by atoms with Crippen molar-refractivity contribution in [3.05, 3.63) is 12.2 Å². The van der Waals surface area contributed by atoms with E-state index in [4.69, 9.17) is 0 Å². The van der Waals surface area contributed by atoms with Crippen molar-refractivity contribution < 1.29 is 0 Å². The molecule has 0 spiro atoms. The van der Waals surface area contributed by atoms with Crippen molar-refractivity contribution in [3.8, 4) is 0 Å².